The molecule has 1 aromatic carbocycles. The summed E-state index contributed by atoms with van der Waals surface area (Å²) < 4.78 is 0. The van der Waals surface area contributed by atoms with Gasteiger partial charge in [-0.1, -0.05) is 18.2 Å². The summed E-state index contributed by atoms with van der Waals surface area (Å²) >= 11 is 0. The van der Waals surface area contributed by atoms with Gasteiger partial charge >= 0.3 is 0 Å². The lowest BCUT2D eigenvalue weighted by Gasteiger charge is -2.07. The van der Waals surface area contributed by atoms with Gasteiger partial charge in [0.2, 0.25) is 0 Å². The molecule has 0 amide bonds. The van der Waals surface area contributed by atoms with Crippen LogP contribution in [0.4, 0.5) is 5.69 Å². The first-order valence-corrected chi connectivity index (χ1v) is 5.43. The van der Waals surface area contributed by atoms with Gasteiger partial charge in [-0.25, -0.2) is 0 Å². The van der Waals surface area contributed by atoms with Crippen LogP contribution in [0, 0.1) is 16.0 Å². The molecule has 0 spiro atoms. The maximum atomic E-state index is 11.5. The third kappa shape index (κ3) is 2.10. The van der Waals surface area contributed by atoms with Crippen molar-refractivity contribution < 1.29 is 9.72 Å². The molecular weight excluding hydrogens is 206 g/mol. The molecule has 4 nitrogen and oxygen atoms in total. The fourth-order valence-electron chi connectivity index (χ4n) is 2.23. The fourth-order valence-corrected chi connectivity index (χ4v) is 2.23. The minimum absolute atomic E-state index is 0.0129. The molecule has 0 heterocycles. The highest BCUT2D eigenvalue weighted by molar-refractivity contribution is 5.83. The second kappa shape index (κ2) is 4.43. The highest BCUT2D eigenvalue weighted by Crippen LogP contribution is 2.28. The first-order valence-electron chi connectivity index (χ1n) is 5.43. The summed E-state index contributed by atoms with van der Waals surface area (Å²) in [6, 6.07) is 6.67. The summed E-state index contributed by atoms with van der Waals surface area (Å²) in [4.78, 5) is 21.9. The average Bonchev–Trinajstić information content (AvgIpc) is 2.65. The number of nitro benzene ring substituents is 1. The number of carbonyl (C=O) groups is 1. The Balaban J connectivity index is 2.20. The molecule has 1 aliphatic rings. The molecule has 16 heavy (non-hydrogen) atoms. The largest absolute Gasteiger partial charge is 0.299 e. The van der Waals surface area contributed by atoms with Crippen LogP contribution in [-0.2, 0) is 11.2 Å². The Kier molecular flexibility index (Phi) is 2.99. The molecule has 0 aliphatic heterocycles. The number of ketones is 1. The highest BCUT2D eigenvalue weighted by atomic mass is 16.6. The van der Waals surface area contributed by atoms with E-state index in [0.717, 1.165) is 12.8 Å². The summed E-state index contributed by atoms with van der Waals surface area (Å²) in [7, 11) is 0. The van der Waals surface area contributed by atoms with Gasteiger partial charge in [-0.2, -0.15) is 0 Å². The Morgan fingerprint density at radius 1 is 1.38 bits per heavy atom. The Bertz CT molecular complexity index is 428. The number of nitrogens with zero attached hydrogens (tertiary/aromatic N) is 1. The first kappa shape index (κ1) is 10.8. The number of para-hydroxylation sites is 1. The van der Waals surface area contributed by atoms with Gasteiger partial charge in [-0.15, -0.1) is 0 Å². The van der Waals surface area contributed by atoms with Crippen molar-refractivity contribution in [3.05, 3.63) is 39.9 Å². The molecule has 4 heteroatoms. The van der Waals surface area contributed by atoms with E-state index >= 15 is 0 Å². The van der Waals surface area contributed by atoms with Crippen LogP contribution in [0.15, 0.2) is 24.3 Å². The number of rotatable bonds is 3. The monoisotopic (exact) mass is 219 g/mol. The van der Waals surface area contributed by atoms with Crippen LogP contribution in [-0.4, -0.2) is 10.7 Å². The summed E-state index contributed by atoms with van der Waals surface area (Å²) in [6.45, 7) is 0. The number of hydrogen-bond donors (Lipinski definition) is 0. The van der Waals surface area contributed by atoms with Crippen LogP contribution in [0.5, 0.6) is 0 Å². The lowest BCUT2D eigenvalue weighted by atomic mass is 9.96. The topological polar surface area (TPSA) is 60.2 Å². The Morgan fingerprint density at radius 3 is 2.75 bits per heavy atom. The normalized spacial score (nSPS) is 20.0. The van der Waals surface area contributed by atoms with E-state index in [1.165, 1.54) is 6.07 Å². The zero-order chi connectivity index (χ0) is 11.5. The summed E-state index contributed by atoms with van der Waals surface area (Å²) in [6.07, 6.45) is 2.93. The molecule has 1 atom stereocenters. The van der Waals surface area contributed by atoms with Gasteiger partial charge in [-0.3, -0.25) is 14.9 Å². The van der Waals surface area contributed by atoms with Crippen molar-refractivity contribution in [2.75, 3.05) is 0 Å². The van der Waals surface area contributed by atoms with Crippen LogP contribution in [0.25, 0.3) is 0 Å². The lowest BCUT2D eigenvalue weighted by molar-refractivity contribution is -0.385. The second-order valence-electron chi connectivity index (χ2n) is 4.15. The Morgan fingerprint density at radius 2 is 2.12 bits per heavy atom. The smallest absolute Gasteiger partial charge is 0.272 e. The molecule has 0 N–H and O–H groups in total. The molecule has 0 saturated heterocycles. The van der Waals surface area contributed by atoms with Crippen molar-refractivity contribution in [2.24, 2.45) is 5.92 Å². The third-order valence-corrected chi connectivity index (χ3v) is 3.09. The number of Topliss-reactive ketones (excluding diaryl/α,β-unsaturated/α-hetero) is 1. The van der Waals surface area contributed by atoms with E-state index in [1.54, 1.807) is 18.2 Å². The molecular formula is C12H13NO3. The zero-order valence-corrected chi connectivity index (χ0v) is 8.89. The predicted molar refractivity (Wildman–Crippen MR) is 59.1 cm³/mol. The highest BCUT2D eigenvalue weighted by Gasteiger charge is 2.26. The van der Waals surface area contributed by atoms with Gasteiger partial charge in [0, 0.05) is 24.0 Å². The molecule has 2 rings (SSSR count). The zero-order valence-electron chi connectivity index (χ0n) is 8.89. The van der Waals surface area contributed by atoms with Gasteiger partial charge in [0.15, 0.2) is 0 Å². The minimum Gasteiger partial charge on any atom is -0.299 e. The van der Waals surface area contributed by atoms with Crippen LogP contribution in [0.2, 0.25) is 0 Å². The van der Waals surface area contributed by atoms with Crippen LogP contribution < -0.4 is 0 Å². The van der Waals surface area contributed by atoms with Crippen molar-refractivity contribution in [3.8, 4) is 0 Å². The van der Waals surface area contributed by atoms with E-state index in [2.05, 4.69) is 0 Å². The van der Waals surface area contributed by atoms with E-state index in [-0.39, 0.29) is 22.3 Å². The van der Waals surface area contributed by atoms with Crippen molar-refractivity contribution >= 4 is 11.5 Å². The summed E-state index contributed by atoms with van der Waals surface area (Å²) in [5.41, 5.74) is 0.801. The standard InChI is InChI=1S/C12H13NO3/c14-12-7-3-5-10(12)8-9-4-1-2-6-11(9)13(15)16/h1-2,4,6,10H,3,5,7-8H2/t10-/m1/s1. The van der Waals surface area contributed by atoms with Gasteiger partial charge in [-0.05, 0) is 19.3 Å². The number of hydrogen-bond acceptors (Lipinski definition) is 3. The van der Waals surface area contributed by atoms with Crippen LogP contribution in [0.1, 0.15) is 24.8 Å². The van der Waals surface area contributed by atoms with Crippen molar-refractivity contribution in [3.63, 3.8) is 0 Å². The maximum absolute atomic E-state index is 11.5. The van der Waals surface area contributed by atoms with Crippen LogP contribution in [0.3, 0.4) is 0 Å². The van der Waals surface area contributed by atoms with E-state index in [9.17, 15) is 14.9 Å². The molecule has 0 unspecified atom stereocenters. The minimum atomic E-state index is -0.380. The lowest BCUT2D eigenvalue weighted by Crippen LogP contribution is -2.10. The Labute approximate surface area is 93.4 Å². The number of carbonyl (C=O) groups excluding carboxylic acids is 1. The molecule has 0 aromatic heterocycles. The van der Waals surface area contributed by atoms with Gasteiger partial charge < -0.3 is 0 Å². The second-order valence-corrected chi connectivity index (χ2v) is 4.15. The quantitative estimate of drug-likeness (QED) is 0.579. The Hall–Kier alpha value is -1.71. The summed E-state index contributed by atoms with van der Waals surface area (Å²) in [5, 5.41) is 10.8. The molecule has 0 bridgehead atoms. The molecule has 1 saturated carbocycles. The van der Waals surface area contributed by atoms with Crippen molar-refractivity contribution in [2.45, 2.75) is 25.7 Å². The average molecular weight is 219 g/mol. The van der Waals surface area contributed by atoms with Gasteiger partial charge in [0.25, 0.3) is 5.69 Å². The van der Waals surface area contributed by atoms with E-state index < -0.39 is 0 Å². The van der Waals surface area contributed by atoms with Crippen molar-refractivity contribution in [1.29, 1.82) is 0 Å². The fraction of sp³-hybridized carbons (Fsp3) is 0.417. The van der Waals surface area contributed by atoms with Crippen LogP contribution >= 0.6 is 0 Å². The SMILES string of the molecule is O=C1CCC[C@@H]1Cc1ccccc1[N+](=O)[O-]. The van der Waals surface area contributed by atoms with E-state index in [4.69, 9.17) is 0 Å². The number of nitro groups is 1. The third-order valence-electron chi connectivity index (χ3n) is 3.09. The summed E-state index contributed by atoms with van der Waals surface area (Å²) in [5.74, 6) is 0.235. The van der Waals surface area contributed by atoms with E-state index in [1.807, 2.05) is 0 Å². The van der Waals surface area contributed by atoms with E-state index in [0.29, 0.717) is 18.4 Å². The van der Waals surface area contributed by atoms with Gasteiger partial charge in [0.05, 0.1) is 4.92 Å². The molecule has 0 radical (unpaired) electrons. The predicted octanol–water partition coefficient (Wildman–Crippen LogP) is 2.51. The maximum Gasteiger partial charge on any atom is 0.272 e. The molecule has 1 fully saturated rings. The number of benzene rings is 1. The molecule has 1 aromatic rings. The first-order chi connectivity index (χ1) is 7.68. The molecule has 1 aliphatic carbocycles. The molecule has 84 valence electrons. The van der Waals surface area contributed by atoms with Gasteiger partial charge in [0.1, 0.15) is 5.78 Å². The van der Waals surface area contributed by atoms with Crippen molar-refractivity contribution in [1.82, 2.24) is 0 Å².